The van der Waals surface area contributed by atoms with Gasteiger partial charge in [0.1, 0.15) is 11.6 Å². The Morgan fingerprint density at radius 2 is 1.88 bits per heavy atom. The highest BCUT2D eigenvalue weighted by molar-refractivity contribution is 8.27. The van der Waals surface area contributed by atoms with Crippen molar-refractivity contribution in [3.63, 3.8) is 0 Å². The molecule has 0 atom stereocenters. The summed E-state index contributed by atoms with van der Waals surface area (Å²) in [6.45, 7) is 1.80. The molecule has 3 aromatic carbocycles. The Morgan fingerprint density at radius 3 is 2.64 bits per heavy atom. The van der Waals surface area contributed by atoms with Crippen LogP contribution in [0.4, 0.5) is 15.8 Å². The van der Waals surface area contributed by atoms with Crippen LogP contribution in [0, 0.1) is 12.7 Å². The molecular formula is C25H19FN2O3S2. The van der Waals surface area contributed by atoms with E-state index < -0.39 is 0 Å². The van der Waals surface area contributed by atoms with Gasteiger partial charge >= 0.3 is 0 Å². The van der Waals surface area contributed by atoms with Crippen molar-refractivity contribution in [2.24, 2.45) is 0 Å². The van der Waals surface area contributed by atoms with Gasteiger partial charge in [-0.1, -0.05) is 48.2 Å². The second kappa shape index (κ2) is 9.97. The maximum Gasteiger partial charge on any atom is 0.270 e. The molecule has 1 saturated heterocycles. The number of nitrogens with zero attached hydrogens (tertiary/aromatic N) is 1. The van der Waals surface area contributed by atoms with E-state index in [9.17, 15) is 14.0 Å². The zero-order valence-corrected chi connectivity index (χ0v) is 19.2. The number of thioether (sulfide) groups is 1. The molecule has 166 valence electrons. The van der Waals surface area contributed by atoms with Crippen LogP contribution in [-0.4, -0.2) is 22.7 Å². The molecule has 0 saturated carbocycles. The summed E-state index contributed by atoms with van der Waals surface area (Å²) >= 11 is 6.52. The Labute approximate surface area is 200 Å². The van der Waals surface area contributed by atoms with Crippen LogP contribution >= 0.6 is 24.0 Å². The number of carbonyl (C=O) groups is 2. The number of anilines is 2. The summed E-state index contributed by atoms with van der Waals surface area (Å²) in [4.78, 5) is 26.9. The smallest absolute Gasteiger partial charge is 0.270 e. The highest BCUT2D eigenvalue weighted by Gasteiger charge is 2.33. The first kappa shape index (κ1) is 22.7. The predicted molar refractivity (Wildman–Crippen MR) is 134 cm³/mol. The molecule has 0 aromatic heterocycles. The fourth-order valence-corrected chi connectivity index (χ4v) is 4.49. The molecule has 8 heteroatoms. The maximum absolute atomic E-state index is 13.2. The molecule has 0 spiro atoms. The molecule has 4 rings (SSSR count). The summed E-state index contributed by atoms with van der Waals surface area (Å²) in [6, 6.07) is 20.2. The van der Waals surface area contributed by atoms with Crippen LogP contribution in [-0.2, 0) is 9.59 Å². The molecule has 1 N–H and O–H groups in total. The Bertz CT molecular complexity index is 1260. The van der Waals surface area contributed by atoms with Crippen LogP contribution in [0.5, 0.6) is 5.75 Å². The first-order valence-electron chi connectivity index (χ1n) is 10.0. The highest BCUT2D eigenvalue weighted by atomic mass is 32.2. The van der Waals surface area contributed by atoms with E-state index in [-0.39, 0.29) is 24.2 Å². The number of halogens is 1. The van der Waals surface area contributed by atoms with Gasteiger partial charge in [0, 0.05) is 5.69 Å². The summed E-state index contributed by atoms with van der Waals surface area (Å²) < 4.78 is 19.2. The van der Waals surface area contributed by atoms with E-state index in [1.165, 1.54) is 40.9 Å². The van der Waals surface area contributed by atoms with Crippen LogP contribution in [0.15, 0.2) is 77.7 Å². The number of hydrogen-bond donors (Lipinski definition) is 1. The molecule has 1 fully saturated rings. The monoisotopic (exact) mass is 478 g/mol. The quantitative estimate of drug-likeness (QED) is 0.371. The second-order valence-electron chi connectivity index (χ2n) is 7.27. The number of aryl methyl sites for hydroxylation is 1. The third kappa shape index (κ3) is 5.66. The highest BCUT2D eigenvalue weighted by Crippen LogP contribution is 2.36. The van der Waals surface area contributed by atoms with E-state index in [0.717, 1.165) is 11.1 Å². The number of hydrogen-bond acceptors (Lipinski definition) is 5. The van der Waals surface area contributed by atoms with Gasteiger partial charge in [0.2, 0.25) is 0 Å². The molecule has 0 unspecified atom stereocenters. The molecule has 2 amide bonds. The lowest BCUT2D eigenvalue weighted by Gasteiger charge is -2.14. The lowest BCUT2D eigenvalue weighted by molar-refractivity contribution is -0.118. The summed E-state index contributed by atoms with van der Waals surface area (Å²) in [5.41, 5.74) is 3.00. The van der Waals surface area contributed by atoms with Gasteiger partial charge in [-0.2, -0.15) is 0 Å². The minimum atomic E-state index is -0.385. The van der Waals surface area contributed by atoms with Gasteiger partial charge in [-0.05, 0) is 72.7 Å². The zero-order valence-electron chi connectivity index (χ0n) is 17.6. The first-order chi connectivity index (χ1) is 15.9. The van der Waals surface area contributed by atoms with Crippen molar-refractivity contribution in [2.75, 3.05) is 16.8 Å². The summed E-state index contributed by atoms with van der Waals surface area (Å²) in [6.07, 6.45) is 1.71. The molecule has 0 radical (unpaired) electrons. The largest absolute Gasteiger partial charge is 0.484 e. The summed E-state index contributed by atoms with van der Waals surface area (Å²) in [5.74, 6) is -0.437. The van der Waals surface area contributed by atoms with Crippen molar-refractivity contribution in [3.8, 4) is 5.75 Å². The van der Waals surface area contributed by atoms with E-state index in [0.29, 0.717) is 26.3 Å². The average molecular weight is 479 g/mol. The minimum Gasteiger partial charge on any atom is -0.484 e. The number of amides is 2. The predicted octanol–water partition coefficient (Wildman–Crippen LogP) is 5.56. The third-order valence-corrected chi connectivity index (χ3v) is 6.01. The number of benzene rings is 3. The molecule has 1 aliphatic heterocycles. The van der Waals surface area contributed by atoms with E-state index >= 15 is 0 Å². The third-order valence-electron chi connectivity index (χ3n) is 4.71. The fourth-order valence-electron chi connectivity index (χ4n) is 3.19. The maximum atomic E-state index is 13.2. The van der Waals surface area contributed by atoms with Crippen LogP contribution in [0.1, 0.15) is 11.1 Å². The van der Waals surface area contributed by atoms with E-state index in [2.05, 4.69) is 5.32 Å². The lowest BCUT2D eigenvalue weighted by atomic mass is 10.2. The normalized spacial score (nSPS) is 14.6. The van der Waals surface area contributed by atoms with Crippen LogP contribution in [0.2, 0.25) is 0 Å². The van der Waals surface area contributed by atoms with Gasteiger partial charge in [-0.3, -0.25) is 14.5 Å². The van der Waals surface area contributed by atoms with Gasteiger partial charge in [0.15, 0.2) is 10.9 Å². The zero-order chi connectivity index (χ0) is 23.4. The van der Waals surface area contributed by atoms with Gasteiger partial charge in [-0.25, -0.2) is 4.39 Å². The van der Waals surface area contributed by atoms with Crippen molar-refractivity contribution >= 4 is 57.6 Å². The average Bonchev–Trinajstić information content (AvgIpc) is 3.06. The SMILES string of the molecule is Cc1cccc(NC(=O)COc2cccc(/C=C3\SC(=S)N(c4ccc(F)cc4)C3=O)c2)c1. The van der Waals surface area contributed by atoms with Gasteiger partial charge in [0.05, 0.1) is 10.6 Å². The van der Waals surface area contributed by atoms with Crippen molar-refractivity contribution in [1.29, 1.82) is 0 Å². The summed E-state index contributed by atoms with van der Waals surface area (Å²) in [5, 5.41) is 2.79. The van der Waals surface area contributed by atoms with Gasteiger partial charge < -0.3 is 10.1 Å². The Hall–Kier alpha value is -3.49. The molecule has 33 heavy (non-hydrogen) atoms. The van der Waals surface area contributed by atoms with E-state index in [1.807, 2.05) is 37.3 Å². The topological polar surface area (TPSA) is 58.6 Å². The Kier molecular flexibility index (Phi) is 6.86. The van der Waals surface area contributed by atoms with E-state index in [4.69, 9.17) is 17.0 Å². The second-order valence-corrected chi connectivity index (χ2v) is 8.95. The van der Waals surface area contributed by atoms with Gasteiger partial charge in [0.25, 0.3) is 11.8 Å². The number of carbonyl (C=O) groups excluding carboxylic acids is 2. The Morgan fingerprint density at radius 1 is 1.12 bits per heavy atom. The summed E-state index contributed by atoms with van der Waals surface area (Å²) in [7, 11) is 0. The van der Waals surface area contributed by atoms with Crippen molar-refractivity contribution in [1.82, 2.24) is 0 Å². The standard InChI is InChI=1S/C25H19FN2O3S2/c1-16-4-2-6-19(12-16)27-23(29)15-31-21-7-3-5-17(13-21)14-22-24(30)28(25(32)33-22)20-10-8-18(26)9-11-20/h2-14H,15H2,1H3,(H,27,29)/b22-14-. The van der Waals surface area contributed by atoms with Gasteiger partial charge in [-0.15, -0.1) is 0 Å². The van der Waals surface area contributed by atoms with Crippen molar-refractivity contribution < 1.29 is 18.7 Å². The molecule has 0 bridgehead atoms. The molecule has 0 aliphatic carbocycles. The van der Waals surface area contributed by atoms with Crippen LogP contribution in [0.25, 0.3) is 6.08 Å². The number of rotatable bonds is 6. The lowest BCUT2D eigenvalue weighted by Crippen LogP contribution is -2.27. The molecule has 1 heterocycles. The fraction of sp³-hybridized carbons (Fsp3) is 0.0800. The molecule has 5 nitrogen and oxygen atoms in total. The number of ether oxygens (including phenoxy) is 1. The molecule has 1 aliphatic rings. The van der Waals surface area contributed by atoms with Crippen LogP contribution < -0.4 is 15.0 Å². The van der Waals surface area contributed by atoms with Crippen molar-refractivity contribution in [3.05, 3.63) is 94.6 Å². The van der Waals surface area contributed by atoms with E-state index in [1.54, 1.807) is 24.3 Å². The minimum absolute atomic E-state index is 0.149. The Balaban J connectivity index is 1.42. The first-order valence-corrected chi connectivity index (χ1v) is 11.2. The van der Waals surface area contributed by atoms with Crippen molar-refractivity contribution in [2.45, 2.75) is 6.92 Å². The van der Waals surface area contributed by atoms with Crippen LogP contribution in [0.3, 0.4) is 0 Å². The molecule has 3 aromatic rings. The number of thiocarbonyl (C=S) groups is 1. The number of nitrogens with one attached hydrogen (secondary N) is 1. The molecular weight excluding hydrogens is 459 g/mol.